The van der Waals surface area contributed by atoms with Crippen molar-refractivity contribution < 1.29 is 23.8 Å². The van der Waals surface area contributed by atoms with E-state index in [9.17, 15) is 9.59 Å². The molecule has 0 aliphatic heterocycles. The van der Waals surface area contributed by atoms with Crippen molar-refractivity contribution in [3.8, 4) is 0 Å². The lowest BCUT2D eigenvalue weighted by Crippen LogP contribution is -2.17. The highest BCUT2D eigenvalue weighted by molar-refractivity contribution is 6.07. The Kier molecular flexibility index (Phi) is 4.51. The fraction of sp³-hybridized carbons (Fsp3) is 0.333. The van der Waals surface area contributed by atoms with Gasteiger partial charge in [0.05, 0.1) is 38.7 Å². The van der Waals surface area contributed by atoms with Crippen molar-refractivity contribution in [3.63, 3.8) is 0 Å². The van der Waals surface area contributed by atoms with Crippen molar-refractivity contribution in [1.29, 1.82) is 0 Å². The van der Waals surface area contributed by atoms with Gasteiger partial charge in [0.2, 0.25) is 0 Å². The lowest BCUT2D eigenvalue weighted by Gasteiger charge is -2.14. The zero-order valence-corrected chi connectivity index (χ0v) is 9.98. The van der Waals surface area contributed by atoms with Crippen molar-refractivity contribution in [1.82, 2.24) is 0 Å². The van der Waals surface area contributed by atoms with Gasteiger partial charge in [-0.2, -0.15) is 0 Å². The van der Waals surface area contributed by atoms with E-state index < -0.39 is 11.9 Å². The number of methoxy groups -OCH3 is 3. The molecule has 0 fully saturated rings. The quantitative estimate of drug-likeness (QED) is 0.544. The van der Waals surface area contributed by atoms with E-state index >= 15 is 0 Å². The molecule has 0 aromatic heterocycles. The second kappa shape index (κ2) is 5.89. The molecule has 0 saturated heterocycles. The topological polar surface area (TPSA) is 61.8 Å². The van der Waals surface area contributed by atoms with Crippen molar-refractivity contribution in [2.45, 2.75) is 6.42 Å². The number of esters is 2. The molecule has 1 aliphatic rings. The Morgan fingerprint density at radius 3 is 2.24 bits per heavy atom. The Bertz CT molecular complexity index is 415. The van der Waals surface area contributed by atoms with Crippen LogP contribution in [0.4, 0.5) is 0 Å². The largest absolute Gasteiger partial charge is 0.504 e. The van der Waals surface area contributed by atoms with E-state index in [1.807, 2.05) is 0 Å². The normalized spacial score (nSPS) is 17.0. The minimum atomic E-state index is -0.580. The van der Waals surface area contributed by atoms with Crippen LogP contribution in [0.3, 0.4) is 0 Å². The molecule has 0 aromatic rings. The number of rotatable bonds is 3. The fourth-order valence-corrected chi connectivity index (χ4v) is 1.47. The summed E-state index contributed by atoms with van der Waals surface area (Å²) in [7, 11) is 4.03. The molecular weight excluding hydrogens is 224 g/mol. The maximum Gasteiger partial charge on any atom is 0.338 e. The van der Waals surface area contributed by atoms with E-state index in [1.54, 1.807) is 12.2 Å². The summed E-state index contributed by atoms with van der Waals surface area (Å²) in [5.41, 5.74) is 1.17. The summed E-state index contributed by atoms with van der Waals surface area (Å²) in [6, 6.07) is 0. The Labute approximate surface area is 99.3 Å². The SMILES string of the molecule is COC=C1C=C(C(=O)OC)C(C(=O)OC)=CC1. The van der Waals surface area contributed by atoms with Gasteiger partial charge < -0.3 is 14.2 Å². The number of carbonyl (C=O) groups excluding carboxylic acids is 2. The molecule has 0 N–H and O–H groups in total. The molecule has 0 heterocycles. The molecule has 92 valence electrons. The predicted octanol–water partition coefficient (Wildman–Crippen LogP) is 1.12. The third-order valence-electron chi connectivity index (χ3n) is 2.24. The summed E-state index contributed by atoms with van der Waals surface area (Å²) in [4.78, 5) is 23.0. The van der Waals surface area contributed by atoms with Crippen LogP contribution in [0.15, 0.2) is 35.1 Å². The highest BCUT2D eigenvalue weighted by Crippen LogP contribution is 2.24. The number of allylic oxidation sites excluding steroid dienone is 3. The van der Waals surface area contributed by atoms with Crippen LogP contribution in [-0.4, -0.2) is 33.3 Å². The number of ether oxygens (including phenoxy) is 3. The Hall–Kier alpha value is -2.04. The average molecular weight is 238 g/mol. The van der Waals surface area contributed by atoms with Crippen LogP contribution in [-0.2, 0) is 23.8 Å². The molecule has 17 heavy (non-hydrogen) atoms. The van der Waals surface area contributed by atoms with Crippen LogP contribution in [0.1, 0.15) is 6.42 Å². The summed E-state index contributed by atoms with van der Waals surface area (Å²) < 4.78 is 14.1. The second-order valence-corrected chi connectivity index (χ2v) is 3.29. The maximum atomic E-state index is 11.5. The highest BCUT2D eigenvalue weighted by atomic mass is 16.5. The van der Waals surface area contributed by atoms with Crippen molar-refractivity contribution in [2.24, 2.45) is 0 Å². The van der Waals surface area contributed by atoms with Crippen molar-refractivity contribution >= 4 is 11.9 Å². The first-order valence-electron chi connectivity index (χ1n) is 4.94. The smallest absolute Gasteiger partial charge is 0.338 e. The van der Waals surface area contributed by atoms with Gasteiger partial charge in [0, 0.05) is 0 Å². The Morgan fingerprint density at radius 2 is 1.71 bits per heavy atom. The second-order valence-electron chi connectivity index (χ2n) is 3.29. The van der Waals surface area contributed by atoms with E-state index in [0.29, 0.717) is 6.42 Å². The van der Waals surface area contributed by atoms with Crippen LogP contribution in [0.2, 0.25) is 0 Å². The zero-order valence-electron chi connectivity index (χ0n) is 9.98. The van der Waals surface area contributed by atoms with Crippen LogP contribution in [0.25, 0.3) is 0 Å². The van der Waals surface area contributed by atoms with Crippen molar-refractivity contribution in [3.05, 3.63) is 35.1 Å². The van der Waals surface area contributed by atoms with Gasteiger partial charge in [-0.1, -0.05) is 6.08 Å². The molecule has 1 rings (SSSR count). The van der Waals surface area contributed by atoms with Crippen LogP contribution < -0.4 is 0 Å². The molecule has 0 radical (unpaired) electrons. The lowest BCUT2D eigenvalue weighted by molar-refractivity contribution is -0.139. The van der Waals surface area contributed by atoms with Gasteiger partial charge in [0.25, 0.3) is 0 Å². The number of hydrogen-bond acceptors (Lipinski definition) is 5. The Morgan fingerprint density at radius 1 is 1.12 bits per heavy atom. The molecule has 5 heteroatoms. The van der Waals surface area contributed by atoms with Gasteiger partial charge in [-0.05, 0) is 18.1 Å². The Balaban J connectivity index is 3.09. The van der Waals surface area contributed by atoms with Gasteiger partial charge in [0.15, 0.2) is 0 Å². The molecule has 0 saturated carbocycles. The zero-order chi connectivity index (χ0) is 12.8. The van der Waals surface area contributed by atoms with E-state index in [4.69, 9.17) is 4.74 Å². The highest BCUT2D eigenvalue weighted by Gasteiger charge is 2.25. The maximum absolute atomic E-state index is 11.5. The van der Waals surface area contributed by atoms with Gasteiger partial charge in [-0.3, -0.25) is 0 Å². The van der Waals surface area contributed by atoms with E-state index in [-0.39, 0.29) is 11.1 Å². The van der Waals surface area contributed by atoms with Crippen LogP contribution in [0, 0.1) is 0 Å². The van der Waals surface area contributed by atoms with Crippen LogP contribution in [0.5, 0.6) is 0 Å². The van der Waals surface area contributed by atoms with E-state index in [0.717, 1.165) is 5.57 Å². The molecule has 0 spiro atoms. The number of carbonyl (C=O) groups is 2. The van der Waals surface area contributed by atoms with Gasteiger partial charge in [-0.15, -0.1) is 0 Å². The minimum Gasteiger partial charge on any atom is -0.504 e. The summed E-state index contributed by atoms with van der Waals surface area (Å²) in [5, 5.41) is 0. The van der Waals surface area contributed by atoms with E-state index in [1.165, 1.54) is 27.6 Å². The summed E-state index contributed by atoms with van der Waals surface area (Å²) in [5.74, 6) is -1.14. The summed E-state index contributed by atoms with van der Waals surface area (Å²) in [6.45, 7) is 0. The molecule has 5 nitrogen and oxygen atoms in total. The average Bonchev–Trinajstić information content (AvgIpc) is 2.37. The van der Waals surface area contributed by atoms with Crippen LogP contribution >= 0.6 is 0 Å². The standard InChI is InChI=1S/C12H14O5/c1-15-7-8-4-5-9(11(13)16-2)10(6-8)12(14)17-3/h5-7H,4H2,1-3H3. The van der Waals surface area contributed by atoms with Gasteiger partial charge in [0.1, 0.15) is 0 Å². The molecule has 0 amide bonds. The fourth-order valence-electron chi connectivity index (χ4n) is 1.47. The summed E-state index contributed by atoms with van der Waals surface area (Å²) in [6.07, 6.45) is 5.18. The minimum absolute atomic E-state index is 0.175. The first kappa shape index (κ1) is 13.0. The first-order valence-corrected chi connectivity index (χ1v) is 4.94. The van der Waals surface area contributed by atoms with Gasteiger partial charge >= 0.3 is 11.9 Å². The first-order chi connectivity index (χ1) is 8.13. The molecule has 0 bridgehead atoms. The number of hydrogen-bond donors (Lipinski definition) is 0. The predicted molar refractivity (Wildman–Crippen MR) is 59.9 cm³/mol. The van der Waals surface area contributed by atoms with E-state index in [2.05, 4.69) is 9.47 Å². The monoisotopic (exact) mass is 238 g/mol. The lowest BCUT2D eigenvalue weighted by atomic mass is 9.95. The molecule has 0 unspecified atom stereocenters. The third-order valence-corrected chi connectivity index (χ3v) is 2.24. The van der Waals surface area contributed by atoms with Crippen molar-refractivity contribution in [2.75, 3.05) is 21.3 Å². The molecule has 0 aromatic carbocycles. The molecule has 0 atom stereocenters. The third kappa shape index (κ3) is 2.96. The molecular formula is C12H14O5. The van der Waals surface area contributed by atoms with Gasteiger partial charge in [-0.25, -0.2) is 9.59 Å². The summed E-state index contributed by atoms with van der Waals surface area (Å²) >= 11 is 0. The molecule has 1 aliphatic carbocycles.